The van der Waals surface area contributed by atoms with Gasteiger partial charge in [-0.2, -0.15) is 0 Å². The van der Waals surface area contributed by atoms with Gasteiger partial charge >= 0.3 is 0 Å². The third-order valence-corrected chi connectivity index (χ3v) is 21.4. The van der Waals surface area contributed by atoms with E-state index in [1.807, 2.05) is 152 Å². The van der Waals surface area contributed by atoms with Crippen molar-refractivity contribution in [1.29, 1.82) is 0 Å². The Bertz CT molecular complexity index is 5000. The zero-order valence-corrected chi connectivity index (χ0v) is 69.7. The molecule has 0 aromatic heterocycles. The summed E-state index contributed by atoms with van der Waals surface area (Å²) in [5.74, 6) is 9.74. The Labute approximate surface area is 709 Å². The van der Waals surface area contributed by atoms with Crippen LogP contribution in [0, 0.1) is 0 Å². The number of hydrogen-bond acceptors (Lipinski definition) is 14. The molecule has 0 aliphatic heterocycles. The molecular weight excluding hydrogens is 1570 g/mol. The van der Waals surface area contributed by atoms with E-state index in [9.17, 15) is 0 Å². The topological polar surface area (TPSA) is 129 Å². The second kappa shape index (κ2) is 38.8. The van der Waals surface area contributed by atoms with Crippen molar-refractivity contribution in [2.45, 2.75) is 45.0 Å². The Balaban J connectivity index is 0.736. The Hall–Kier alpha value is -14.0. The third-order valence-electron chi connectivity index (χ3n) is 20.8. The minimum absolute atomic E-state index is 0.150. The average Bonchev–Trinajstić information content (AvgIpc) is 0.812. The van der Waals surface area contributed by atoms with Gasteiger partial charge in [-0.05, 0) is 334 Å². The normalized spacial score (nSPS) is 10.9. The zero-order valence-electron chi connectivity index (χ0n) is 68.1. The first-order valence-corrected chi connectivity index (χ1v) is 40.4. The number of ether oxygens (including phenoxy) is 14. The molecule has 15 heteroatoms. The van der Waals surface area contributed by atoms with Crippen LogP contribution in [0.3, 0.4) is 0 Å². The summed E-state index contributed by atoms with van der Waals surface area (Å²) in [6.07, 6.45) is 0. The van der Waals surface area contributed by atoms with Crippen LogP contribution in [0.15, 0.2) is 322 Å². The molecule has 15 aromatic rings. The average molecular weight is 1660 g/mol. The van der Waals surface area contributed by atoms with E-state index in [1.165, 1.54) is 0 Å². The van der Waals surface area contributed by atoms with Gasteiger partial charge in [0.05, 0.1) is 56.9 Å². The Morgan fingerprint density at radius 2 is 0.275 bits per heavy atom. The van der Waals surface area contributed by atoms with Gasteiger partial charge in [-0.25, -0.2) is 0 Å². The third kappa shape index (κ3) is 20.8. The van der Waals surface area contributed by atoms with Crippen LogP contribution in [-0.4, -0.2) is 56.9 Å². The Morgan fingerprint density at radius 1 is 0.142 bits per heavy atom. The van der Waals surface area contributed by atoms with Gasteiger partial charge in [0.2, 0.25) is 0 Å². The van der Waals surface area contributed by atoms with E-state index < -0.39 is 0 Å². The van der Waals surface area contributed by atoms with Crippen LogP contribution >= 0.6 is 15.9 Å². The fourth-order valence-corrected chi connectivity index (χ4v) is 14.7. The number of benzene rings is 15. The molecule has 0 atom stereocenters. The van der Waals surface area contributed by atoms with Gasteiger partial charge in [-0.3, -0.25) is 0 Å². The van der Waals surface area contributed by atoms with Gasteiger partial charge in [0.1, 0.15) is 120 Å². The fraction of sp³-hybridized carbons (Fsp3) is 0.143. The standard InChI is InChI=1S/C105H91BrO14/c1-107-92-25-9-76(10-26-92)84-41-70(42-85(55-84)77-11-27-93(108-2)28-12-77)63-115-102-51-74(52-103(60-102)116-64-71-43-86(78-13-29-94(109-3)30-14-78)56-87(44-71)79-15-31-95(110-4)32-16-79)67-119-100-49-69(62-106)50-101(59-100)120-68-75-53-104(117-65-72-45-88(80-17-33-96(111-5)34-18-80)57-89(46-72)81-19-35-97(112-6)36-20-81)61-105(54-75)118-66-73-47-90(82-21-37-98(113-7)38-22-82)58-91(48-73)83-23-39-99(114-8)40-24-83/h9-61H,62-68H2,1-8H3. The molecule has 0 saturated carbocycles. The summed E-state index contributed by atoms with van der Waals surface area (Å²) in [4.78, 5) is 0. The van der Waals surface area contributed by atoms with E-state index in [4.69, 9.17) is 66.3 Å². The SMILES string of the molecule is COc1ccc(-c2cc(COc3cc(COc4cc(CBr)cc(OCc5cc(OCc6cc(-c7ccc(OC)cc7)cc(-c7ccc(OC)cc7)c6)cc(OCc6cc(-c7ccc(OC)cc7)cc(-c7ccc(OC)cc7)c6)c5)c4)cc(OCc4cc(-c5ccc(OC)cc5)cc(-c5ccc(OC)cc5)c4)c3)cc(-c3ccc(OC)cc3)c2)cc1. The van der Waals surface area contributed by atoms with Gasteiger partial charge in [-0.1, -0.05) is 113 Å². The molecule has 0 unspecified atom stereocenters. The summed E-state index contributed by atoms with van der Waals surface area (Å²) in [5, 5.41) is 0.530. The van der Waals surface area contributed by atoms with Gasteiger partial charge < -0.3 is 66.3 Å². The molecule has 0 fully saturated rings. The number of alkyl halides is 1. The van der Waals surface area contributed by atoms with Crippen LogP contribution in [0.25, 0.3) is 89.0 Å². The number of hydrogen-bond donors (Lipinski definition) is 0. The van der Waals surface area contributed by atoms with E-state index in [-0.39, 0.29) is 39.6 Å². The van der Waals surface area contributed by atoms with Gasteiger partial charge in [-0.15, -0.1) is 0 Å². The predicted molar refractivity (Wildman–Crippen MR) is 480 cm³/mol. The second-order valence-corrected chi connectivity index (χ2v) is 29.4. The van der Waals surface area contributed by atoms with Crippen molar-refractivity contribution in [3.63, 3.8) is 0 Å². The van der Waals surface area contributed by atoms with Crippen LogP contribution in [0.1, 0.15) is 38.9 Å². The summed E-state index contributed by atoms with van der Waals surface area (Å²) in [7, 11) is 13.4. The lowest BCUT2D eigenvalue weighted by molar-refractivity contribution is 0.276. The number of halogens is 1. The summed E-state index contributed by atoms with van der Waals surface area (Å²) in [6, 6.07) is 109. The first kappa shape index (κ1) is 81.1. The van der Waals surface area contributed by atoms with Crippen LogP contribution < -0.4 is 66.3 Å². The van der Waals surface area contributed by atoms with Crippen LogP contribution in [0.5, 0.6) is 80.5 Å². The van der Waals surface area contributed by atoms with E-state index in [2.05, 4.69) is 186 Å². The molecule has 0 bridgehead atoms. The predicted octanol–water partition coefficient (Wildman–Crippen LogP) is 25.5. The maximum atomic E-state index is 6.90. The molecule has 0 N–H and O–H groups in total. The molecule has 0 amide bonds. The second-order valence-electron chi connectivity index (χ2n) is 28.8. The largest absolute Gasteiger partial charge is 0.497 e. The lowest BCUT2D eigenvalue weighted by atomic mass is 9.96. The first-order valence-electron chi connectivity index (χ1n) is 39.3. The van der Waals surface area contributed by atoms with Crippen molar-refractivity contribution in [3.8, 4) is 170 Å². The lowest BCUT2D eigenvalue weighted by Gasteiger charge is -2.17. The van der Waals surface area contributed by atoms with E-state index >= 15 is 0 Å². The molecule has 15 aromatic carbocycles. The van der Waals surface area contributed by atoms with Crippen molar-refractivity contribution in [2.75, 3.05) is 56.9 Å². The Morgan fingerprint density at radius 3 is 0.408 bits per heavy atom. The molecule has 0 heterocycles. The fourth-order valence-electron chi connectivity index (χ4n) is 14.3. The molecule has 0 aliphatic rings. The van der Waals surface area contributed by atoms with Crippen molar-refractivity contribution >= 4 is 15.9 Å². The van der Waals surface area contributed by atoms with E-state index in [0.29, 0.717) is 39.8 Å². The molecule has 602 valence electrons. The van der Waals surface area contributed by atoms with Crippen molar-refractivity contribution in [3.05, 3.63) is 360 Å². The van der Waals surface area contributed by atoms with Crippen LogP contribution in [0.4, 0.5) is 0 Å². The number of rotatable bonds is 35. The highest BCUT2D eigenvalue weighted by atomic mass is 79.9. The van der Waals surface area contributed by atoms with E-state index in [1.54, 1.807) is 56.9 Å². The monoisotopic (exact) mass is 1650 g/mol. The summed E-state index contributed by atoms with van der Waals surface area (Å²) < 4.78 is 85.7. The van der Waals surface area contributed by atoms with E-state index in [0.717, 1.165) is 174 Å². The smallest absolute Gasteiger partial charge is 0.123 e. The zero-order chi connectivity index (χ0) is 82.7. The van der Waals surface area contributed by atoms with Gasteiger partial charge in [0.15, 0.2) is 0 Å². The quantitative estimate of drug-likeness (QED) is 0.0349. The molecule has 0 radical (unpaired) electrons. The molecule has 0 aliphatic carbocycles. The summed E-state index contributed by atoms with van der Waals surface area (Å²) in [5.41, 5.74) is 22.9. The lowest BCUT2D eigenvalue weighted by Crippen LogP contribution is -2.03. The maximum absolute atomic E-state index is 6.90. The molecule has 14 nitrogen and oxygen atoms in total. The van der Waals surface area contributed by atoms with Crippen molar-refractivity contribution in [2.24, 2.45) is 0 Å². The molecule has 120 heavy (non-hydrogen) atoms. The molecule has 15 rings (SSSR count). The number of methoxy groups -OCH3 is 8. The van der Waals surface area contributed by atoms with Gasteiger partial charge in [0, 0.05) is 23.5 Å². The minimum Gasteiger partial charge on any atom is -0.497 e. The van der Waals surface area contributed by atoms with Crippen LogP contribution in [-0.2, 0) is 45.0 Å². The first-order chi connectivity index (χ1) is 58.8. The summed E-state index contributed by atoms with van der Waals surface area (Å²) >= 11 is 3.77. The highest BCUT2D eigenvalue weighted by Gasteiger charge is 2.18. The molecular formula is C105H91BrO14. The van der Waals surface area contributed by atoms with Crippen molar-refractivity contribution in [1.82, 2.24) is 0 Å². The van der Waals surface area contributed by atoms with Crippen molar-refractivity contribution < 1.29 is 66.3 Å². The highest BCUT2D eigenvalue weighted by Crippen LogP contribution is 2.40. The summed E-state index contributed by atoms with van der Waals surface area (Å²) in [6.45, 7) is 1.24. The maximum Gasteiger partial charge on any atom is 0.123 e. The highest BCUT2D eigenvalue weighted by molar-refractivity contribution is 9.08. The van der Waals surface area contributed by atoms with Gasteiger partial charge in [0.25, 0.3) is 0 Å². The minimum atomic E-state index is 0.150. The molecule has 0 saturated heterocycles. The molecule has 0 spiro atoms. The van der Waals surface area contributed by atoms with Crippen LogP contribution in [0.2, 0.25) is 0 Å². The Kier molecular flexibility index (Phi) is 26.3.